The van der Waals surface area contributed by atoms with Crippen LogP contribution in [0.15, 0.2) is 91.0 Å². The number of rotatable bonds is 5. The van der Waals surface area contributed by atoms with Crippen LogP contribution in [-0.4, -0.2) is 9.97 Å². The van der Waals surface area contributed by atoms with Gasteiger partial charge in [0.25, 0.3) is 0 Å². The number of aromatic nitrogens is 2. The van der Waals surface area contributed by atoms with Gasteiger partial charge >= 0.3 is 6.49 Å². The molecular formula is C26H21N2O2PS. The van der Waals surface area contributed by atoms with E-state index in [1.165, 1.54) is 0 Å². The third-order valence-electron chi connectivity index (χ3n) is 5.15. The van der Waals surface area contributed by atoms with Crippen LogP contribution in [-0.2, 0) is 11.8 Å². The minimum absolute atomic E-state index is 0.614. The monoisotopic (exact) mass is 456 g/mol. The summed E-state index contributed by atoms with van der Waals surface area (Å²) in [5.74, 6) is 1.23. The summed E-state index contributed by atoms with van der Waals surface area (Å²) in [6.07, 6.45) is 0. The van der Waals surface area contributed by atoms with Gasteiger partial charge in [-0.05, 0) is 62.1 Å². The third-order valence-corrected chi connectivity index (χ3v) is 8.04. The first kappa shape index (κ1) is 20.6. The van der Waals surface area contributed by atoms with Crippen LogP contribution in [0.4, 0.5) is 0 Å². The second-order valence-electron chi connectivity index (χ2n) is 7.58. The van der Waals surface area contributed by atoms with Crippen LogP contribution in [0, 0.1) is 13.8 Å². The predicted octanol–water partition coefficient (Wildman–Crippen LogP) is 6.49. The molecule has 0 amide bonds. The van der Waals surface area contributed by atoms with Crippen LogP contribution in [0.5, 0.6) is 11.5 Å². The zero-order valence-corrected chi connectivity index (χ0v) is 19.4. The van der Waals surface area contributed by atoms with Crippen LogP contribution in [0.1, 0.15) is 11.4 Å². The summed E-state index contributed by atoms with van der Waals surface area (Å²) < 4.78 is 13.1. The average molecular weight is 457 g/mol. The summed E-state index contributed by atoms with van der Waals surface area (Å²) in [6, 6.07) is 29.5. The zero-order chi connectivity index (χ0) is 22.1. The average Bonchev–Trinajstić information content (AvgIpc) is 2.80. The molecule has 0 atom stereocenters. The maximum atomic E-state index is 6.55. The summed E-state index contributed by atoms with van der Waals surface area (Å²) in [5.41, 5.74) is 3.37. The van der Waals surface area contributed by atoms with Crippen molar-refractivity contribution in [1.82, 2.24) is 9.97 Å². The fraction of sp³-hybridized carbons (Fsp3) is 0.0769. The number of hydrogen-bond donors (Lipinski definition) is 0. The van der Waals surface area contributed by atoms with Crippen molar-refractivity contribution in [3.05, 3.63) is 102 Å². The molecule has 0 spiro atoms. The molecule has 158 valence electrons. The van der Waals surface area contributed by atoms with Crippen molar-refractivity contribution in [1.29, 1.82) is 0 Å². The molecule has 2 heterocycles. The largest absolute Gasteiger partial charge is 0.430 e. The van der Waals surface area contributed by atoms with E-state index in [9.17, 15) is 0 Å². The molecule has 0 unspecified atom stereocenters. The topological polar surface area (TPSA) is 44.2 Å². The van der Waals surface area contributed by atoms with Gasteiger partial charge in [-0.2, -0.15) is 0 Å². The lowest BCUT2D eigenvalue weighted by Gasteiger charge is -2.25. The van der Waals surface area contributed by atoms with Crippen LogP contribution >= 0.6 is 6.49 Å². The molecule has 5 rings (SSSR count). The molecule has 0 N–H and O–H groups in total. The lowest BCUT2D eigenvalue weighted by Crippen LogP contribution is -2.14. The molecule has 3 aromatic carbocycles. The Morgan fingerprint density at radius 2 is 1.09 bits per heavy atom. The van der Waals surface area contributed by atoms with Gasteiger partial charge in [-0.3, -0.25) is 0 Å². The highest BCUT2D eigenvalue weighted by Gasteiger charge is 2.27. The quantitative estimate of drug-likeness (QED) is 0.283. The molecule has 0 aliphatic carbocycles. The molecule has 0 bridgehead atoms. The molecule has 6 heteroatoms. The van der Waals surface area contributed by atoms with Gasteiger partial charge < -0.3 is 9.05 Å². The van der Waals surface area contributed by atoms with Crippen molar-refractivity contribution in [2.24, 2.45) is 0 Å². The predicted molar refractivity (Wildman–Crippen MR) is 135 cm³/mol. The van der Waals surface area contributed by atoms with Crippen molar-refractivity contribution in [2.45, 2.75) is 13.8 Å². The Bertz CT molecular complexity index is 1400. The van der Waals surface area contributed by atoms with Crippen molar-refractivity contribution in [3.63, 3.8) is 0 Å². The number of pyridine rings is 2. The summed E-state index contributed by atoms with van der Waals surface area (Å²) in [4.78, 5) is 9.40. The SMILES string of the molecule is Cc1ccc2cccc(OP(=S)(Oc3cccc4ccc(C)nc34)c3ccccc3)c2n1. The van der Waals surface area contributed by atoms with Crippen molar-refractivity contribution >= 4 is 45.4 Å². The molecule has 2 aromatic heterocycles. The number of hydrogen-bond acceptors (Lipinski definition) is 5. The summed E-state index contributed by atoms with van der Waals surface area (Å²) in [6.45, 7) is 0.924. The number of benzene rings is 3. The first-order valence-corrected chi connectivity index (χ1v) is 12.9. The van der Waals surface area contributed by atoms with Gasteiger partial charge in [0.15, 0.2) is 11.5 Å². The maximum Gasteiger partial charge on any atom is 0.319 e. The van der Waals surface area contributed by atoms with Crippen LogP contribution in [0.25, 0.3) is 21.8 Å². The first-order chi connectivity index (χ1) is 15.5. The Morgan fingerprint density at radius 3 is 1.59 bits per heavy atom. The molecule has 4 nitrogen and oxygen atoms in total. The zero-order valence-electron chi connectivity index (χ0n) is 17.7. The molecule has 0 aliphatic heterocycles. The second kappa shape index (κ2) is 8.34. The highest BCUT2D eigenvalue weighted by Crippen LogP contribution is 2.50. The van der Waals surface area contributed by atoms with Crippen LogP contribution < -0.4 is 14.4 Å². The van der Waals surface area contributed by atoms with E-state index in [1.54, 1.807) is 0 Å². The minimum atomic E-state index is -3.00. The van der Waals surface area contributed by atoms with E-state index in [1.807, 2.05) is 105 Å². The first-order valence-electron chi connectivity index (χ1n) is 10.3. The molecule has 0 saturated carbocycles. The molecular weight excluding hydrogens is 435 g/mol. The second-order valence-corrected chi connectivity index (χ2v) is 10.9. The van der Waals surface area contributed by atoms with E-state index in [0.29, 0.717) is 11.5 Å². The molecule has 0 saturated heterocycles. The fourth-order valence-corrected chi connectivity index (χ4v) is 6.02. The van der Waals surface area contributed by atoms with E-state index in [2.05, 4.69) is 0 Å². The lowest BCUT2D eigenvalue weighted by molar-refractivity contribution is 0.503. The number of fused-ring (bicyclic) bond motifs is 2. The molecule has 0 aliphatic rings. The van der Waals surface area contributed by atoms with Crippen LogP contribution in [0.2, 0.25) is 0 Å². The summed E-state index contributed by atoms with van der Waals surface area (Å²) >= 11 is 6.14. The Kier molecular flexibility index (Phi) is 5.38. The van der Waals surface area contributed by atoms with Gasteiger partial charge in [0.1, 0.15) is 11.0 Å². The van der Waals surface area contributed by atoms with E-state index in [0.717, 1.165) is 38.5 Å². The highest BCUT2D eigenvalue weighted by molar-refractivity contribution is 8.13. The standard InChI is InChI=1S/C26H21N2O2PS/c1-18-14-16-20-8-6-12-23(25(20)27-18)29-31(32,22-10-4-3-5-11-22)30-24-13-7-9-21-17-15-19(2)28-26(21)24/h3-17H,1-2H3. The van der Waals surface area contributed by atoms with Gasteiger partial charge in [-0.1, -0.05) is 54.6 Å². The Hall–Kier alpha value is -3.27. The number of aryl methyl sites for hydroxylation is 2. The van der Waals surface area contributed by atoms with E-state index in [4.69, 9.17) is 30.8 Å². The third kappa shape index (κ3) is 3.97. The van der Waals surface area contributed by atoms with Crippen molar-refractivity contribution in [3.8, 4) is 11.5 Å². The summed E-state index contributed by atoms with van der Waals surface area (Å²) in [7, 11) is 0. The lowest BCUT2D eigenvalue weighted by atomic mass is 10.2. The van der Waals surface area contributed by atoms with Crippen molar-refractivity contribution in [2.75, 3.05) is 0 Å². The number of para-hydroxylation sites is 2. The Labute approximate surface area is 192 Å². The fourth-order valence-electron chi connectivity index (χ4n) is 3.58. The maximum absolute atomic E-state index is 6.55. The van der Waals surface area contributed by atoms with Gasteiger partial charge in [-0.15, -0.1) is 0 Å². The normalized spacial score (nSPS) is 11.6. The minimum Gasteiger partial charge on any atom is -0.430 e. The van der Waals surface area contributed by atoms with Gasteiger partial charge in [-0.25, -0.2) is 9.97 Å². The smallest absolute Gasteiger partial charge is 0.319 e. The summed E-state index contributed by atoms with van der Waals surface area (Å²) in [5, 5.41) is 2.81. The Balaban J connectivity index is 1.65. The van der Waals surface area contributed by atoms with E-state index < -0.39 is 6.49 Å². The van der Waals surface area contributed by atoms with E-state index in [-0.39, 0.29) is 0 Å². The van der Waals surface area contributed by atoms with E-state index >= 15 is 0 Å². The van der Waals surface area contributed by atoms with Gasteiger partial charge in [0.05, 0.1) is 5.30 Å². The van der Waals surface area contributed by atoms with Gasteiger partial charge in [0, 0.05) is 22.2 Å². The molecule has 0 fully saturated rings. The number of nitrogens with zero attached hydrogens (tertiary/aromatic N) is 2. The highest BCUT2D eigenvalue weighted by atomic mass is 32.5. The van der Waals surface area contributed by atoms with Gasteiger partial charge in [0.2, 0.25) is 0 Å². The Morgan fingerprint density at radius 1 is 0.594 bits per heavy atom. The molecule has 32 heavy (non-hydrogen) atoms. The molecule has 5 aromatic rings. The van der Waals surface area contributed by atoms with Crippen LogP contribution in [0.3, 0.4) is 0 Å². The van der Waals surface area contributed by atoms with Crippen molar-refractivity contribution < 1.29 is 9.05 Å². The molecule has 0 radical (unpaired) electrons.